The molecule has 36 heavy (non-hydrogen) atoms. The highest BCUT2D eigenvalue weighted by atomic mass is 32.1. The van der Waals surface area contributed by atoms with Gasteiger partial charge in [-0.05, 0) is 60.2 Å². The van der Waals surface area contributed by atoms with Crippen LogP contribution in [-0.4, -0.2) is 40.7 Å². The van der Waals surface area contributed by atoms with Crippen molar-refractivity contribution in [2.24, 2.45) is 10.7 Å². The van der Waals surface area contributed by atoms with Crippen LogP contribution in [0.3, 0.4) is 0 Å². The van der Waals surface area contributed by atoms with E-state index in [9.17, 15) is 9.59 Å². The van der Waals surface area contributed by atoms with Gasteiger partial charge in [-0.25, -0.2) is 9.79 Å². The molecule has 7 nitrogen and oxygen atoms in total. The van der Waals surface area contributed by atoms with E-state index in [1.54, 1.807) is 30.6 Å². The number of carbonyl (C=O) groups is 2. The third kappa shape index (κ3) is 7.13. The minimum atomic E-state index is -0.706. The van der Waals surface area contributed by atoms with Crippen molar-refractivity contribution in [3.63, 3.8) is 0 Å². The van der Waals surface area contributed by atoms with Crippen molar-refractivity contribution in [3.05, 3.63) is 94.8 Å². The van der Waals surface area contributed by atoms with E-state index >= 15 is 0 Å². The molecule has 8 heteroatoms. The molecule has 1 unspecified atom stereocenters. The van der Waals surface area contributed by atoms with Crippen molar-refractivity contribution < 1.29 is 14.3 Å². The maximum absolute atomic E-state index is 12.5. The summed E-state index contributed by atoms with van der Waals surface area (Å²) >= 11 is 5.60. The van der Waals surface area contributed by atoms with Crippen LogP contribution in [0.15, 0.2) is 72.0 Å². The normalized spacial score (nSPS) is 12.1. The molecule has 1 heterocycles. The minimum Gasteiger partial charge on any atom is -0.465 e. The fourth-order valence-corrected chi connectivity index (χ4v) is 4.18. The van der Waals surface area contributed by atoms with Gasteiger partial charge in [-0.3, -0.25) is 9.78 Å². The van der Waals surface area contributed by atoms with Gasteiger partial charge in [0, 0.05) is 30.1 Å². The first kappa shape index (κ1) is 26.8. The molecule has 2 aromatic carbocycles. The van der Waals surface area contributed by atoms with Crippen molar-refractivity contribution >= 4 is 40.5 Å². The average Bonchev–Trinajstić information content (AvgIpc) is 2.89. The lowest BCUT2D eigenvalue weighted by atomic mass is 10.00. The van der Waals surface area contributed by atoms with Crippen molar-refractivity contribution in [2.45, 2.75) is 39.2 Å². The summed E-state index contributed by atoms with van der Waals surface area (Å²) in [5.41, 5.74) is 11.5. The van der Waals surface area contributed by atoms with Crippen LogP contribution in [0.4, 0.5) is 5.69 Å². The highest BCUT2D eigenvalue weighted by Crippen LogP contribution is 2.18. The molecular weight excluding hydrogens is 472 g/mol. The first-order valence-corrected chi connectivity index (χ1v) is 12.1. The van der Waals surface area contributed by atoms with Gasteiger partial charge in [0.15, 0.2) is 0 Å². The number of carbonyl (C=O) groups excluding carboxylic acids is 2. The maximum atomic E-state index is 12.5. The van der Waals surface area contributed by atoms with E-state index in [0.717, 1.165) is 34.2 Å². The Bertz CT molecular complexity index is 1260. The molecule has 0 aliphatic heterocycles. The van der Waals surface area contributed by atoms with E-state index in [1.807, 2.05) is 43.3 Å². The number of aromatic nitrogens is 1. The number of pyridine rings is 1. The molecule has 186 valence electrons. The Morgan fingerprint density at radius 1 is 1.11 bits per heavy atom. The van der Waals surface area contributed by atoms with E-state index in [1.165, 1.54) is 7.11 Å². The molecule has 1 atom stereocenters. The van der Waals surface area contributed by atoms with Gasteiger partial charge in [0.2, 0.25) is 5.91 Å². The van der Waals surface area contributed by atoms with E-state index in [-0.39, 0.29) is 18.0 Å². The third-order valence-electron chi connectivity index (χ3n) is 5.72. The predicted octanol–water partition coefficient (Wildman–Crippen LogP) is 3.99. The van der Waals surface area contributed by atoms with E-state index in [4.69, 9.17) is 22.7 Å². The molecule has 0 aliphatic rings. The van der Waals surface area contributed by atoms with Crippen molar-refractivity contribution in [1.82, 2.24) is 4.98 Å². The third-order valence-corrected chi connectivity index (χ3v) is 6.02. The van der Waals surface area contributed by atoms with Gasteiger partial charge in [-0.15, -0.1) is 0 Å². The summed E-state index contributed by atoms with van der Waals surface area (Å²) in [6.45, 7) is 4.03. The van der Waals surface area contributed by atoms with Crippen LogP contribution in [0, 0.1) is 6.92 Å². The average molecular weight is 503 g/mol. The number of hydrogen-bond acceptors (Lipinski definition) is 6. The molecule has 0 aliphatic carbocycles. The Kier molecular flexibility index (Phi) is 9.55. The number of aryl methyl sites for hydroxylation is 2. The Hall–Kier alpha value is -3.75. The van der Waals surface area contributed by atoms with Crippen LogP contribution >= 0.6 is 12.2 Å². The zero-order valence-electron chi connectivity index (χ0n) is 20.7. The fourth-order valence-electron chi connectivity index (χ4n) is 3.78. The number of nitrogens with one attached hydrogen (secondary N) is 1. The van der Waals surface area contributed by atoms with E-state index in [0.29, 0.717) is 17.1 Å². The Balaban J connectivity index is 1.71. The van der Waals surface area contributed by atoms with Gasteiger partial charge in [-0.2, -0.15) is 0 Å². The number of rotatable bonds is 9. The highest BCUT2D eigenvalue weighted by Gasteiger charge is 2.18. The number of ether oxygens (including phenoxy) is 1. The molecular formula is C28H30N4O3S. The molecule has 0 fully saturated rings. The SMILES string of the molecule is CCc1cccc(C)c1C(=S)N=C(Cc1ccc(NC(=O)C(N)Cc2cccnc2)cc1)C(=O)OC. The Labute approximate surface area is 216 Å². The van der Waals surface area contributed by atoms with Gasteiger partial charge < -0.3 is 15.8 Å². The molecule has 0 saturated carbocycles. The molecule has 3 aromatic rings. The number of nitrogens with two attached hydrogens (primary N) is 1. The number of benzene rings is 2. The summed E-state index contributed by atoms with van der Waals surface area (Å²) in [6, 6.07) is 16.1. The predicted molar refractivity (Wildman–Crippen MR) is 146 cm³/mol. The summed E-state index contributed by atoms with van der Waals surface area (Å²) in [6.07, 6.45) is 4.79. The quantitative estimate of drug-likeness (QED) is 0.260. The summed E-state index contributed by atoms with van der Waals surface area (Å²) in [4.78, 5) is 33.9. The summed E-state index contributed by atoms with van der Waals surface area (Å²) < 4.78 is 4.95. The Morgan fingerprint density at radius 3 is 2.50 bits per heavy atom. The number of thiocarbonyl (C=S) groups is 1. The topological polar surface area (TPSA) is 107 Å². The monoisotopic (exact) mass is 502 g/mol. The number of methoxy groups -OCH3 is 1. The van der Waals surface area contributed by atoms with Crippen molar-refractivity contribution in [2.75, 3.05) is 12.4 Å². The largest absolute Gasteiger partial charge is 0.465 e. The van der Waals surface area contributed by atoms with Crippen LogP contribution in [-0.2, 0) is 33.6 Å². The van der Waals surface area contributed by atoms with Crippen LogP contribution < -0.4 is 11.1 Å². The van der Waals surface area contributed by atoms with Gasteiger partial charge in [-0.1, -0.05) is 55.5 Å². The standard InChI is InChI=1S/C28H30N4O3S/c1-4-21-9-5-7-18(2)25(21)27(36)32-24(28(34)35-3)16-19-10-12-22(13-11-19)31-26(33)23(29)15-20-8-6-14-30-17-20/h5-14,17,23H,4,15-16,29H2,1-3H3,(H,31,33). The van der Waals surface area contributed by atoms with Gasteiger partial charge in [0.1, 0.15) is 10.7 Å². The molecule has 1 amide bonds. The molecule has 3 rings (SSSR count). The van der Waals surface area contributed by atoms with Gasteiger partial charge in [0.25, 0.3) is 0 Å². The lowest BCUT2D eigenvalue weighted by molar-refractivity contribution is -0.132. The number of amides is 1. The molecule has 0 spiro atoms. The van der Waals surface area contributed by atoms with Crippen molar-refractivity contribution in [1.29, 1.82) is 0 Å². The van der Waals surface area contributed by atoms with Crippen LogP contribution in [0.5, 0.6) is 0 Å². The molecule has 1 aromatic heterocycles. The summed E-state index contributed by atoms with van der Waals surface area (Å²) in [5.74, 6) is -0.832. The first-order valence-electron chi connectivity index (χ1n) is 11.6. The smallest absolute Gasteiger partial charge is 0.352 e. The first-order chi connectivity index (χ1) is 17.3. The van der Waals surface area contributed by atoms with Crippen LogP contribution in [0.25, 0.3) is 0 Å². The lowest BCUT2D eigenvalue weighted by Gasteiger charge is -2.13. The number of anilines is 1. The van der Waals surface area contributed by atoms with Crippen LogP contribution in [0.2, 0.25) is 0 Å². The van der Waals surface area contributed by atoms with E-state index in [2.05, 4.69) is 22.2 Å². The van der Waals surface area contributed by atoms with Crippen molar-refractivity contribution in [3.8, 4) is 0 Å². The zero-order valence-corrected chi connectivity index (χ0v) is 21.5. The van der Waals surface area contributed by atoms with E-state index < -0.39 is 12.0 Å². The van der Waals surface area contributed by atoms with Crippen LogP contribution in [0.1, 0.15) is 34.7 Å². The highest BCUT2D eigenvalue weighted by molar-refractivity contribution is 7.80. The van der Waals surface area contributed by atoms with Gasteiger partial charge >= 0.3 is 5.97 Å². The second-order valence-electron chi connectivity index (χ2n) is 8.35. The summed E-state index contributed by atoms with van der Waals surface area (Å²) in [5, 5.41) is 2.82. The maximum Gasteiger partial charge on any atom is 0.352 e. The molecule has 0 saturated heterocycles. The number of nitrogens with zero attached hydrogens (tertiary/aromatic N) is 2. The number of hydrogen-bond donors (Lipinski definition) is 2. The molecule has 0 bridgehead atoms. The lowest BCUT2D eigenvalue weighted by Crippen LogP contribution is -2.37. The zero-order chi connectivity index (χ0) is 26.1. The second kappa shape index (κ2) is 12.8. The number of esters is 1. The summed E-state index contributed by atoms with van der Waals surface area (Å²) in [7, 11) is 1.32. The fraction of sp³-hybridized carbons (Fsp3) is 0.250. The molecule has 3 N–H and O–H groups in total. The second-order valence-corrected chi connectivity index (χ2v) is 8.74. The Morgan fingerprint density at radius 2 is 1.86 bits per heavy atom. The number of aliphatic imine (C=N–C) groups is 1. The minimum absolute atomic E-state index is 0.211. The van der Waals surface area contributed by atoms with Gasteiger partial charge in [0.05, 0.1) is 13.2 Å². The molecule has 0 radical (unpaired) electrons.